The third-order valence-electron chi connectivity index (χ3n) is 8.52. The van der Waals surface area contributed by atoms with E-state index in [-0.39, 0.29) is 23.5 Å². The molecule has 5 aliphatic heterocycles. The molecule has 4 fully saturated rings. The summed E-state index contributed by atoms with van der Waals surface area (Å²) < 4.78 is 6.26. The maximum atomic E-state index is 13.2. The summed E-state index contributed by atoms with van der Waals surface area (Å²) in [6, 6.07) is 7.12. The van der Waals surface area contributed by atoms with Gasteiger partial charge in [0, 0.05) is 30.1 Å². The fourth-order valence-electron chi connectivity index (χ4n) is 7.79. The number of fused-ring (bicyclic) bond motifs is 2. The van der Waals surface area contributed by atoms with E-state index in [4.69, 9.17) is 10.5 Å². The van der Waals surface area contributed by atoms with E-state index in [1.165, 1.54) is 31.5 Å². The van der Waals surface area contributed by atoms with Crippen LogP contribution >= 0.6 is 0 Å². The van der Waals surface area contributed by atoms with Gasteiger partial charge in [-0.2, -0.15) is 0 Å². The number of piperidine rings is 2. The maximum absolute atomic E-state index is 13.2. The molecular formula is C21H24N3O2+. The minimum Gasteiger partial charge on any atom is -0.399 e. The number of benzene rings is 1. The van der Waals surface area contributed by atoms with Crippen LogP contribution in [0.15, 0.2) is 29.8 Å². The molecule has 26 heavy (non-hydrogen) atoms. The van der Waals surface area contributed by atoms with Gasteiger partial charge >= 0.3 is 0 Å². The molecule has 6 aliphatic rings. The van der Waals surface area contributed by atoms with E-state index in [1.54, 1.807) is 10.5 Å². The SMILES string of the molecule is Nc1ccc2c(c1)[C@@]13CC[NH+]4CC5=CCO[C@H]6CC(=O)N2[C@H]1[C@H]6[C@H]5C[C@H]43. The molecule has 1 aromatic carbocycles. The Balaban J connectivity index is 1.55. The van der Waals surface area contributed by atoms with Crippen molar-refractivity contribution in [2.75, 3.05) is 30.3 Å². The lowest BCUT2D eigenvalue weighted by molar-refractivity contribution is -0.916. The molecule has 3 saturated heterocycles. The Morgan fingerprint density at radius 3 is 3.19 bits per heavy atom. The van der Waals surface area contributed by atoms with Crippen molar-refractivity contribution in [3.63, 3.8) is 0 Å². The summed E-state index contributed by atoms with van der Waals surface area (Å²) in [6.07, 6.45) is 5.36. The van der Waals surface area contributed by atoms with Crippen LogP contribution in [0.2, 0.25) is 0 Å². The van der Waals surface area contributed by atoms with Crippen LogP contribution in [0.5, 0.6) is 0 Å². The summed E-state index contributed by atoms with van der Waals surface area (Å²) in [7, 11) is 0. The van der Waals surface area contributed by atoms with E-state index in [0.29, 0.717) is 30.9 Å². The largest absolute Gasteiger partial charge is 0.399 e. The summed E-state index contributed by atoms with van der Waals surface area (Å²) in [5.41, 5.74) is 11.2. The van der Waals surface area contributed by atoms with Crippen LogP contribution in [0.3, 0.4) is 0 Å². The summed E-state index contributed by atoms with van der Waals surface area (Å²) in [5.74, 6) is 1.27. The molecule has 0 aromatic heterocycles. The van der Waals surface area contributed by atoms with E-state index in [0.717, 1.165) is 11.4 Å². The zero-order valence-electron chi connectivity index (χ0n) is 14.8. The Hall–Kier alpha value is -1.85. The lowest BCUT2D eigenvalue weighted by Gasteiger charge is -2.56. The molecule has 7 rings (SSSR count). The van der Waals surface area contributed by atoms with Crippen molar-refractivity contribution in [2.45, 2.75) is 42.9 Å². The van der Waals surface area contributed by atoms with Crippen LogP contribution in [-0.4, -0.2) is 43.8 Å². The first-order chi connectivity index (χ1) is 12.7. The van der Waals surface area contributed by atoms with Gasteiger partial charge in [0.1, 0.15) is 6.04 Å². The topological polar surface area (TPSA) is 60.0 Å². The second-order valence-electron chi connectivity index (χ2n) is 9.19. The molecule has 2 bridgehead atoms. The fraction of sp³-hybridized carbons (Fsp3) is 0.571. The van der Waals surface area contributed by atoms with E-state index in [2.05, 4.69) is 23.1 Å². The lowest BCUT2D eigenvalue weighted by Crippen LogP contribution is -3.16. The van der Waals surface area contributed by atoms with Crippen LogP contribution in [0.4, 0.5) is 11.4 Å². The first kappa shape index (κ1) is 14.2. The molecule has 1 saturated carbocycles. The molecule has 5 nitrogen and oxygen atoms in total. The molecule has 5 heteroatoms. The minimum atomic E-state index is 0.0779. The second kappa shape index (κ2) is 4.34. The van der Waals surface area contributed by atoms with E-state index in [1.807, 2.05) is 6.07 Å². The zero-order valence-corrected chi connectivity index (χ0v) is 14.8. The monoisotopic (exact) mass is 350 g/mol. The molecule has 1 aliphatic carbocycles. The molecule has 0 radical (unpaired) electrons. The zero-order chi connectivity index (χ0) is 17.2. The summed E-state index contributed by atoms with van der Waals surface area (Å²) in [5, 5.41) is 0. The van der Waals surface area contributed by atoms with Gasteiger partial charge in [0.2, 0.25) is 5.91 Å². The van der Waals surface area contributed by atoms with Gasteiger partial charge < -0.3 is 20.3 Å². The number of nitrogen functional groups attached to an aromatic ring is 1. The Kier molecular flexibility index (Phi) is 2.38. The van der Waals surface area contributed by atoms with Crippen molar-refractivity contribution in [1.82, 2.24) is 0 Å². The predicted octanol–water partition coefficient (Wildman–Crippen LogP) is 0.258. The molecule has 1 amide bonds. The van der Waals surface area contributed by atoms with Crippen LogP contribution in [-0.2, 0) is 14.9 Å². The molecule has 7 atom stereocenters. The molecular weight excluding hydrogens is 326 g/mol. The number of nitrogens with one attached hydrogen (secondary N) is 1. The van der Waals surface area contributed by atoms with Gasteiger partial charge in [-0.25, -0.2) is 0 Å². The second-order valence-corrected chi connectivity index (χ2v) is 9.19. The number of nitrogens with zero attached hydrogens (tertiary/aromatic N) is 1. The first-order valence-corrected chi connectivity index (χ1v) is 10.1. The van der Waals surface area contributed by atoms with Crippen LogP contribution < -0.4 is 15.5 Å². The van der Waals surface area contributed by atoms with E-state index < -0.39 is 0 Å². The molecule has 1 aromatic rings. The Bertz CT molecular complexity index is 895. The maximum Gasteiger partial charge on any atom is 0.229 e. The Morgan fingerprint density at radius 2 is 2.27 bits per heavy atom. The summed E-state index contributed by atoms with van der Waals surface area (Å²) in [4.78, 5) is 17.1. The Morgan fingerprint density at radius 1 is 1.35 bits per heavy atom. The Labute approximate surface area is 152 Å². The fourth-order valence-corrected chi connectivity index (χ4v) is 7.79. The molecule has 5 heterocycles. The number of anilines is 2. The third-order valence-corrected chi connectivity index (χ3v) is 8.52. The summed E-state index contributed by atoms with van der Waals surface area (Å²) in [6.45, 7) is 3.06. The quantitative estimate of drug-likeness (QED) is 0.521. The standard InChI is InChI=1S/C21H23N3O2/c22-12-1-2-15-14(7-12)21-4-5-23-10-11-3-6-26-16-9-18(25)24(15)20(21)19(16)13(11)8-17(21)23/h1-3,7,13,16-17,19-20H,4-6,8-10,22H2/p+1/t13-,16-,17-,19-,20-,21+/m0/s1. The van der Waals surface area contributed by atoms with Crippen LogP contribution in [0.1, 0.15) is 24.8 Å². The van der Waals surface area contributed by atoms with Gasteiger partial charge in [0.25, 0.3) is 0 Å². The number of carbonyl (C=O) groups is 1. The number of rotatable bonds is 0. The highest BCUT2D eigenvalue weighted by Gasteiger charge is 2.73. The number of hydrogen-bond donors (Lipinski definition) is 2. The van der Waals surface area contributed by atoms with E-state index >= 15 is 0 Å². The number of quaternary nitrogens is 1. The number of hydrogen-bond acceptors (Lipinski definition) is 3. The van der Waals surface area contributed by atoms with Gasteiger partial charge in [0.05, 0.1) is 43.7 Å². The lowest BCUT2D eigenvalue weighted by atomic mass is 9.53. The van der Waals surface area contributed by atoms with Crippen molar-refractivity contribution >= 4 is 17.3 Å². The van der Waals surface area contributed by atoms with Crippen molar-refractivity contribution in [3.05, 3.63) is 35.4 Å². The third kappa shape index (κ3) is 1.37. The molecule has 3 N–H and O–H groups in total. The predicted molar refractivity (Wildman–Crippen MR) is 96.9 cm³/mol. The van der Waals surface area contributed by atoms with Gasteiger partial charge in [-0.15, -0.1) is 0 Å². The van der Waals surface area contributed by atoms with Crippen LogP contribution in [0.25, 0.3) is 0 Å². The molecule has 1 spiro atoms. The summed E-state index contributed by atoms with van der Waals surface area (Å²) >= 11 is 0. The minimum absolute atomic E-state index is 0.0779. The van der Waals surface area contributed by atoms with Crippen LogP contribution in [0, 0.1) is 11.8 Å². The normalized spacial score (nSPS) is 46.7. The van der Waals surface area contributed by atoms with Gasteiger partial charge in [0.15, 0.2) is 0 Å². The van der Waals surface area contributed by atoms with Gasteiger partial charge in [-0.1, -0.05) is 6.08 Å². The van der Waals surface area contributed by atoms with Gasteiger partial charge in [-0.3, -0.25) is 4.79 Å². The average molecular weight is 350 g/mol. The smallest absolute Gasteiger partial charge is 0.229 e. The highest BCUT2D eigenvalue weighted by atomic mass is 16.5. The van der Waals surface area contributed by atoms with Crippen molar-refractivity contribution in [1.29, 1.82) is 0 Å². The molecule has 134 valence electrons. The van der Waals surface area contributed by atoms with Gasteiger partial charge in [-0.05, 0) is 35.3 Å². The molecule has 1 unspecified atom stereocenters. The van der Waals surface area contributed by atoms with Crippen molar-refractivity contribution in [2.24, 2.45) is 11.8 Å². The highest BCUT2D eigenvalue weighted by molar-refractivity contribution is 5.99. The van der Waals surface area contributed by atoms with Crippen molar-refractivity contribution in [3.8, 4) is 0 Å². The highest BCUT2D eigenvalue weighted by Crippen LogP contribution is 2.62. The average Bonchev–Trinajstić information content (AvgIpc) is 3.09. The van der Waals surface area contributed by atoms with E-state index in [9.17, 15) is 4.79 Å². The first-order valence-electron chi connectivity index (χ1n) is 10.1. The van der Waals surface area contributed by atoms with Crippen molar-refractivity contribution < 1.29 is 14.4 Å². The number of ether oxygens (including phenoxy) is 1. The number of carbonyl (C=O) groups excluding carboxylic acids is 1. The number of amides is 1. The number of nitrogens with two attached hydrogens (primary N) is 1.